The van der Waals surface area contributed by atoms with Crippen molar-refractivity contribution in [2.75, 3.05) is 13.6 Å². The Kier molecular flexibility index (Phi) is 4.66. The standard InChI is InChI=1S/C14H25N3O2/c1-3-17(12-8-9-12)14(19)16-11-6-4-10(5-7-11)13(18)15-2/h10-12H,3-9H2,1-2H3,(H,15,18)(H,16,19). The molecule has 2 N–H and O–H groups in total. The molecule has 5 nitrogen and oxygen atoms in total. The fraction of sp³-hybridized carbons (Fsp3) is 0.857. The van der Waals surface area contributed by atoms with E-state index in [-0.39, 0.29) is 23.9 Å². The van der Waals surface area contributed by atoms with Gasteiger partial charge in [-0.15, -0.1) is 0 Å². The van der Waals surface area contributed by atoms with Crippen molar-refractivity contribution in [2.24, 2.45) is 5.92 Å². The summed E-state index contributed by atoms with van der Waals surface area (Å²) in [5.74, 6) is 0.266. The quantitative estimate of drug-likeness (QED) is 0.810. The molecule has 0 unspecified atom stereocenters. The van der Waals surface area contributed by atoms with Gasteiger partial charge in [-0.25, -0.2) is 4.79 Å². The number of rotatable bonds is 4. The van der Waals surface area contributed by atoms with Crippen LogP contribution >= 0.6 is 0 Å². The van der Waals surface area contributed by atoms with Crippen LogP contribution in [0.5, 0.6) is 0 Å². The zero-order valence-corrected chi connectivity index (χ0v) is 11.9. The van der Waals surface area contributed by atoms with E-state index in [1.165, 1.54) is 0 Å². The molecule has 0 heterocycles. The Morgan fingerprint density at radius 2 is 1.74 bits per heavy atom. The molecule has 2 aliphatic carbocycles. The van der Waals surface area contributed by atoms with Crippen molar-refractivity contribution in [3.8, 4) is 0 Å². The van der Waals surface area contributed by atoms with Crippen molar-refractivity contribution in [3.05, 3.63) is 0 Å². The maximum atomic E-state index is 12.1. The minimum absolute atomic E-state index is 0.0772. The molecule has 108 valence electrons. The summed E-state index contributed by atoms with van der Waals surface area (Å²) >= 11 is 0. The van der Waals surface area contributed by atoms with Crippen LogP contribution < -0.4 is 10.6 Å². The predicted octanol–water partition coefficient (Wildman–Crippen LogP) is 1.49. The van der Waals surface area contributed by atoms with Gasteiger partial charge in [0.25, 0.3) is 0 Å². The molecule has 0 aliphatic heterocycles. The summed E-state index contributed by atoms with van der Waals surface area (Å²) in [6.07, 6.45) is 5.85. The fourth-order valence-corrected chi connectivity index (χ4v) is 2.92. The van der Waals surface area contributed by atoms with Gasteiger partial charge in [0.05, 0.1) is 0 Å². The minimum atomic E-state index is 0.0772. The number of amides is 3. The van der Waals surface area contributed by atoms with Crippen LogP contribution in [0, 0.1) is 5.92 Å². The SMILES string of the molecule is CCN(C(=O)NC1CCC(C(=O)NC)CC1)C1CC1. The number of nitrogens with zero attached hydrogens (tertiary/aromatic N) is 1. The van der Waals surface area contributed by atoms with E-state index in [1.54, 1.807) is 7.05 Å². The summed E-state index contributed by atoms with van der Waals surface area (Å²) in [4.78, 5) is 25.6. The van der Waals surface area contributed by atoms with Gasteiger partial charge < -0.3 is 15.5 Å². The van der Waals surface area contributed by atoms with Gasteiger partial charge in [-0.3, -0.25) is 4.79 Å². The molecule has 2 fully saturated rings. The second-order valence-corrected chi connectivity index (χ2v) is 5.63. The number of hydrogen-bond acceptors (Lipinski definition) is 2. The van der Waals surface area contributed by atoms with Gasteiger partial charge >= 0.3 is 6.03 Å². The van der Waals surface area contributed by atoms with Gasteiger partial charge in [0.2, 0.25) is 5.91 Å². The highest BCUT2D eigenvalue weighted by Gasteiger charge is 2.33. The molecular formula is C14H25N3O2. The Balaban J connectivity index is 1.75. The molecule has 2 aliphatic rings. The second kappa shape index (κ2) is 6.26. The largest absolute Gasteiger partial charge is 0.359 e. The molecular weight excluding hydrogens is 242 g/mol. The third kappa shape index (κ3) is 3.61. The van der Waals surface area contributed by atoms with E-state index in [0.29, 0.717) is 6.04 Å². The maximum absolute atomic E-state index is 12.1. The molecule has 2 saturated carbocycles. The van der Waals surface area contributed by atoms with Gasteiger partial charge in [0.1, 0.15) is 0 Å². The normalized spacial score (nSPS) is 26.6. The lowest BCUT2D eigenvalue weighted by atomic mass is 9.85. The Bertz CT molecular complexity index is 334. The smallest absolute Gasteiger partial charge is 0.317 e. The van der Waals surface area contributed by atoms with E-state index < -0.39 is 0 Å². The van der Waals surface area contributed by atoms with E-state index in [2.05, 4.69) is 10.6 Å². The van der Waals surface area contributed by atoms with Crippen LogP contribution in [0.1, 0.15) is 45.4 Å². The molecule has 19 heavy (non-hydrogen) atoms. The van der Waals surface area contributed by atoms with Crippen LogP contribution in [-0.4, -0.2) is 42.5 Å². The number of urea groups is 1. The summed E-state index contributed by atoms with van der Waals surface area (Å²) in [5, 5.41) is 5.83. The van der Waals surface area contributed by atoms with Gasteiger partial charge in [0, 0.05) is 31.6 Å². The van der Waals surface area contributed by atoms with E-state index in [1.807, 2.05) is 11.8 Å². The van der Waals surface area contributed by atoms with Crippen LogP contribution in [0.25, 0.3) is 0 Å². The highest BCUT2D eigenvalue weighted by Crippen LogP contribution is 2.28. The van der Waals surface area contributed by atoms with E-state index in [4.69, 9.17) is 0 Å². The van der Waals surface area contributed by atoms with Gasteiger partial charge in [0.15, 0.2) is 0 Å². The number of hydrogen-bond donors (Lipinski definition) is 2. The van der Waals surface area contributed by atoms with Crippen LogP contribution in [-0.2, 0) is 4.79 Å². The Morgan fingerprint density at radius 1 is 1.11 bits per heavy atom. The van der Waals surface area contributed by atoms with Gasteiger partial charge in [-0.2, -0.15) is 0 Å². The van der Waals surface area contributed by atoms with Crippen molar-refractivity contribution >= 4 is 11.9 Å². The van der Waals surface area contributed by atoms with Crippen molar-refractivity contribution in [3.63, 3.8) is 0 Å². The summed E-state index contributed by atoms with van der Waals surface area (Å²) in [6, 6.07) is 0.779. The lowest BCUT2D eigenvalue weighted by molar-refractivity contribution is -0.125. The molecule has 5 heteroatoms. The Hall–Kier alpha value is -1.26. The summed E-state index contributed by atoms with van der Waals surface area (Å²) < 4.78 is 0. The van der Waals surface area contributed by atoms with E-state index in [0.717, 1.165) is 45.1 Å². The van der Waals surface area contributed by atoms with Crippen molar-refractivity contribution < 1.29 is 9.59 Å². The molecule has 0 aromatic heterocycles. The Labute approximate surface area is 115 Å². The zero-order chi connectivity index (χ0) is 13.8. The molecule has 0 spiro atoms. The van der Waals surface area contributed by atoms with Gasteiger partial charge in [-0.05, 0) is 45.4 Å². The molecule has 0 aromatic rings. The van der Waals surface area contributed by atoms with Crippen LogP contribution in [0.3, 0.4) is 0 Å². The maximum Gasteiger partial charge on any atom is 0.317 e. The van der Waals surface area contributed by atoms with E-state index >= 15 is 0 Å². The highest BCUT2D eigenvalue weighted by molar-refractivity contribution is 5.78. The Morgan fingerprint density at radius 3 is 2.21 bits per heavy atom. The van der Waals surface area contributed by atoms with Crippen LogP contribution in [0.4, 0.5) is 4.79 Å². The molecule has 2 rings (SSSR count). The first-order valence-electron chi connectivity index (χ1n) is 7.44. The average Bonchev–Trinajstić information content (AvgIpc) is 3.24. The summed E-state index contributed by atoms with van der Waals surface area (Å²) in [7, 11) is 1.69. The fourth-order valence-electron chi connectivity index (χ4n) is 2.92. The lowest BCUT2D eigenvalue weighted by Crippen LogP contribution is -2.47. The molecule has 0 radical (unpaired) electrons. The molecule has 0 saturated heterocycles. The molecule has 0 atom stereocenters. The second-order valence-electron chi connectivity index (χ2n) is 5.63. The monoisotopic (exact) mass is 267 g/mol. The zero-order valence-electron chi connectivity index (χ0n) is 11.9. The predicted molar refractivity (Wildman–Crippen MR) is 73.7 cm³/mol. The first-order chi connectivity index (χ1) is 9.15. The molecule has 3 amide bonds. The van der Waals surface area contributed by atoms with Crippen molar-refractivity contribution in [2.45, 2.75) is 57.5 Å². The third-order valence-corrected chi connectivity index (χ3v) is 4.26. The topological polar surface area (TPSA) is 61.4 Å². The average molecular weight is 267 g/mol. The number of carbonyl (C=O) groups is 2. The van der Waals surface area contributed by atoms with Crippen LogP contribution in [0.2, 0.25) is 0 Å². The van der Waals surface area contributed by atoms with Crippen molar-refractivity contribution in [1.29, 1.82) is 0 Å². The number of carbonyl (C=O) groups excluding carboxylic acids is 2. The summed E-state index contributed by atoms with van der Waals surface area (Å²) in [5.41, 5.74) is 0. The van der Waals surface area contributed by atoms with Crippen molar-refractivity contribution in [1.82, 2.24) is 15.5 Å². The molecule has 0 bridgehead atoms. The number of nitrogens with one attached hydrogen (secondary N) is 2. The van der Waals surface area contributed by atoms with Gasteiger partial charge in [-0.1, -0.05) is 0 Å². The summed E-state index contributed by atoms with van der Waals surface area (Å²) in [6.45, 7) is 2.81. The van der Waals surface area contributed by atoms with Crippen LogP contribution in [0.15, 0.2) is 0 Å². The lowest BCUT2D eigenvalue weighted by Gasteiger charge is -2.30. The molecule has 0 aromatic carbocycles. The first-order valence-corrected chi connectivity index (χ1v) is 7.44. The first kappa shape index (κ1) is 14.2. The van der Waals surface area contributed by atoms with E-state index in [9.17, 15) is 9.59 Å². The minimum Gasteiger partial charge on any atom is -0.359 e. The third-order valence-electron chi connectivity index (χ3n) is 4.26. The highest BCUT2D eigenvalue weighted by atomic mass is 16.2.